The van der Waals surface area contributed by atoms with Crippen molar-refractivity contribution in [1.29, 1.82) is 0 Å². The average molecular weight is 132 g/mol. The lowest BCUT2D eigenvalue weighted by Gasteiger charge is -2.32. The van der Waals surface area contributed by atoms with E-state index in [1.54, 1.807) is 0 Å². The number of rotatable bonds is 0. The van der Waals surface area contributed by atoms with Crippen LogP contribution in [-0.2, 0) is 14.8 Å². The summed E-state index contributed by atoms with van der Waals surface area (Å²) in [5, 5.41) is 4.36. The Morgan fingerprint density at radius 2 is 2.11 bits per heavy atom. The predicted octanol–water partition coefficient (Wildman–Crippen LogP) is 1.29. The summed E-state index contributed by atoms with van der Waals surface area (Å²) in [7, 11) is 0. The Labute approximate surface area is 54.8 Å². The van der Waals surface area contributed by atoms with Gasteiger partial charge < -0.3 is 0 Å². The molecule has 9 heavy (non-hydrogen) atoms. The molecule has 1 unspecified atom stereocenters. The van der Waals surface area contributed by atoms with E-state index >= 15 is 0 Å². The zero-order valence-electron chi connectivity index (χ0n) is 6.01. The van der Waals surface area contributed by atoms with Crippen molar-refractivity contribution in [2.45, 2.75) is 26.4 Å². The summed E-state index contributed by atoms with van der Waals surface area (Å²) < 4.78 is 0. The van der Waals surface area contributed by atoms with Crippen molar-refractivity contribution >= 4 is 0 Å². The highest BCUT2D eigenvalue weighted by atomic mass is 17.5. The Hall–Kier alpha value is -0.120. The first-order valence-electron chi connectivity index (χ1n) is 3.10. The molecule has 1 aliphatic rings. The Kier molecular flexibility index (Phi) is 1.75. The summed E-state index contributed by atoms with van der Waals surface area (Å²) >= 11 is 0. The molecule has 1 aliphatic heterocycles. The SMILES string of the molecule is CC1COOOC1(C)C. The van der Waals surface area contributed by atoms with Crippen LogP contribution in [0.4, 0.5) is 0 Å². The number of hydrogen-bond donors (Lipinski definition) is 0. The smallest absolute Gasteiger partial charge is 0.106 e. The zero-order chi connectivity index (χ0) is 6.91. The van der Waals surface area contributed by atoms with Crippen LogP contribution in [0.15, 0.2) is 0 Å². The van der Waals surface area contributed by atoms with E-state index in [1.807, 2.05) is 13.8 Å². The highest BCUT2D eigenvalue weighted by Gasteiger charge is 2.32. The van der Waals surface area contributed by atoms with Crippen molar-refractivity contribution in [2.24, 2.45) is 5.92 Å². The van der Waals surface area contributed by atoms with Gasteiger partial charge in [0.15, 0.2) is 0 Å². The maximum Gasteiger partial charge on any atom is 0.106 e. The second kappa shape index (κ2) is 2.25. The summed E-state index contributed by atoms with van der Waals surface area (Å²) in [4.78, 5) is 9.45. The Bertz CT molecular complexity index is 100. The lowest BCUT2D eigenvalue weighted by atomic mass is 9.94. The van der Waals surface area contributed by atoms with E-state index < -0.39 is 0 Å². The highest BCUT2D eigenvalue weighted by molar-refractivity contribution is 4.74. The van der Waals surface area contributed by atoms with Crippen LogP contribution < -0.4 is 0 Å². The first kappa shape index (κ1) is 6.99. The molecular formula is C6H12O3. The molecule has 0 saturated carbocycles. The summed E-state index contributed by atoms with van der Waals surface area (Å²) in [6.45, 7) is 6.61. The third-order valence-electron chi connectivity index (χ3n) is 1.80. The van der Waals surface area contributed by atoms with Gasteiger partial charge in [0.25, 0.3) is 0 Å². The van der Waals surface area contributed by atoms with E-state index in [0.29, 0.717) is 12.5 Å². The lowest BCUT2D eigenvalue weighted by molar-refractivity contribution is -0.574. The zero-order valence-corrected chi connectivity index (χ0v) is 6.01. The molecule has 0 aromatic carbocycles. The minimum absolute atomic E-state index is 0.210. The molecule has 0 spiro atoms. The molecule has 1 heterocycles. The molecule has 1 saturated heterocycles. The topological polar surface area (TPSA) is 27.7 Å². The number of hydrogen-bond acceptors (Lipinski definition) is 3. The van der Waals surface area contributed by atoms with Gasteiger partial charge in [0.1, 0.15) is 5.60 Å². The minimum atomic E-state index is -0.210. The summed E-state index contributed by atoms with van der Waals surface area (Å²) in [6.07, 6.45) is 0. The van der Waals surface area contributed by atoms with Gasteiger partial charge in [0.2, 0.25) is 0 Å². The molecule has 0 N–H and O–H groups in total. The van der Waals surface area contributed by atoms with Crippen molar-refractivity contribution in [1.82, 2.24) is 0 Å². The summed E-state index contributed by atoms with van der Waals surface area (Å²) in [5.41, 5.74) is -0.210. The Morgan fingerprint density at radius 3 is 2.44 bits per heavy atom. The monoisotopic (exact) mass is 132 g/mol. The van der Waals surface area contributed by atoms with E-state index in [0.717, 1.165) is 0 Å². The largest absolute Gasteiger partial charge is 0.206 e. The molecule has 0 aromatic rings. The first-order chi connectivity index (χ1) is 4.13. The maximum absolute atomic E-state index is 4.86. The van der Waals surface area contributed by atoms with Crippen LogP contribution >= 0.6 is 0 Å². The van der Waals surface area contributed by atoms with Crippen LogP contribution in [0, 0.1) is 5.92 Å². The molecule has 3 nitrogen and oxygen atoms in total. The van der Waals surface area contributed by atoms with Crippen LogP contribution in [0.25, 0.3) is 0 Å². The third-order valence-corrected chi connectivity index (χ3v) is 1.80. The quantitative estimate of drug-likeness (QED) is 0.465. The van der Waals surface area contributed by atoms with Crippen LogP contribution in [0.3, 0.4) is 0 Å². The average Bonchev–Trinajstić information content (AvgIpc) is 1.77. The Morgan fingerprint density at radius 1 is 1.44 bits per heavy atom. The minimum Gasteiger partial charge on any atom is -0.206 e. The summed E-state index contributed by atoms with van der Waals surface area (Å²) in [5.74, 6) is 0.381. The van der Waals surface area contributed by atoms with Gasteiger partial charge in [-0.2, -0.15) is 4.89 Å². The van der Waals surface area contributed by atoms with E-state index in [1.165, 1.54) is 0 Å². The van der Waals surface area contributed by atoms with Crippen LogP contribution in [-0.4, -0.2) is 12.2 Å². The van der Waals surface area contributed by atoms with Crippen molar-refractivity contribution in [3.05, 3.63) is 0 Å². The fourth-order valence-electron chi connectivity index (χ4n) is 0.524. The van der Waals surface area contributed by atoms with Gasteiger partial charge in [0, 0.05) is 5.92 Å². The van der Waals surface area contributed by atoms with Gasteiger partial charge in [-0.05, 0) is 13.8 Å². The van der Waals surface area contributed by atoms with Gasteiger partial charge in [-0.25, -0.2) is 4.89 Å². The van der Waals surface area contributed by atoms with Gasteiger partial charge >= 0.3 is 0 Å². The van der Waals surface area contributed by atoms with Crippen LogP contribution in [0.5, 0.6) is 0 Å². The second-order valence-electron chi connectivity index (χ2n) is 2.94. The molecule has 54 valence electrons. The van der Waals surface area contributed by atoms with Crippen LogP contribution in [0.1, 0.15) is 20.8 Å². The molecule has 3 heteroatoms. The molecule has 0 aromatic heterocycles. The molecule has 1 rings (SSSR count). The van der Waals surface area contributed by atoms with Gasteiger partial charge in [-0.1, -0.05) is 12.0 Å². The molecule has 1 atom stereocenters. The standard InChI is InChI=1S/C6H12O3/c1-5-4-7-9-8-6(5,2)3/h5H,4H2,1-3H3. The normalized spacial score (nSPS) is 34.3. The third kappa shape index (κ3) is 1.41. The molecule has 0 radical (unpaired) electrons. The van der Waals surface area contributed by atoms with Crippen molar-refractivity contribution in [2.75, 3.05) is 6.61 Å². The van der Waals surface area contributed by atoms with Gasteiger partial charge in [0.05, 0.1) is 6.61 Å². The van der Waals surface area contributed by atoms with E-state index in [-0.39, 0.29) is 5.60 Å². The summed E-state index contributed by atoms with van der Waals surface area (Å²) in [6, 6.07) is 0. The van der Waals surface area contributed by atoms with Gasteiger partial charge in [-0.15, -0.1) is 0 Å². The van der Waals surface area contributed by atoms with Crippen molar-refractivity contribution in [3.8, 4) is 0 Å². The first-order valence-corrected chi connectivity index (χ1v) is 3.10. The predicted molar refractivity (Wildman–Crippen MR) is 31.4 cm³/mol. The molecule has 1 fully saturated rings. The molecular weight excluding hydrogens is 120 g/mol. The van der Waals surface area contributed by atoms with E-state index in [2.05, 4.69) is 16.8 Å². The molecule has 0 amide bonds. The van der Waals surface area contributed by atoms with Gasteiger partial charge in [-0.3, -0.25) is 0 Å². The van der Waals surface area contributed by atoms with Crippen molar-refractivity contribution in [3.63, 3.8) is 0 Å². The second-order valence-corrected chi connectivity index (χ2v) is 2.94. The highest BCUT2D eigenvalue weighted by Crippen LogP contribution is 2.25. The fourth-order valence-corrected chi connectivity index (χ4v) is 0.524. The van der Waals surface area contributed by atoms with Crippen LogP contribution in [0.2, 0.25) is 0 Å². The lowest BCUT2D eigenvalue weighted by Crippen LogP contribution is -2.39. The molecule has 0 bridgehead atoms. The molecule has 0 aliphatic carbocycles. The fraction of sp³-hybridized carbons (Fsp3) is 1.00. The maximum atomic E-state index is 4.86. The van der Waals surface area contributed by atoms with E-state index in [9.17, 15) is 0 Å². The van der Waals surface area contributed by atoms with Crippen molar-refractivity contribution < 1.29 is 14.8 Å². The Balaban J connectivity index is 2.49. The van der Waals surface area contributed by atoms with E-state index in [4.69, 9.17) is 4.89 Å².